The van der Waals surface area contributed by atoms with Crippen molar-refractivity contribution in [2.45, 2.75) is 52.6 Å². The highest BCUT2D eigenvalue weighted by molar-refractivity contribution is 5.90. The van der Waals surface area contributed by atoms with Crippen LogP contribution in [0.25, 0.3) is 0 Å². The standard InChI is InChI=1S/C12H22N2O2/c1-5-8(3)11-12(16)14(6-2)9(4)7-10(15)13-11/h8-9,11H,5-7H2,1-4H3,(H,13,15). The van der Waals surface area contributed by atoms with Gasteiger partial charge in [-0.25, -0.2) is 0 Å². The highest BCUT2D eigenvalue weighted by Crippen LogP contribution is 2.17. The SMILES string of the molecule is CCC(C)C1NC(=O)CC(C)N(CC)C1=O. The molecule has 1 saturated heterocycles. The summed E-state index contributed by atoms with van der Waals surface area (Å²) in [6.07, 6.45) is 1.30. The van der Waals surface area contributed by atoms with Crippen molar-refractivity contribution in [2.24, 2.45) is 5.92 Å². The molecule has 3 atom stereocenters. The molecule has 92 valence electrons. The summed E-state index contributed by atoms with van der Waals surface area (Å²) in [5, 5.41) is 2.84. The van der Waals surface area contributed by atoms with Crippen LogP contribution in [0.3, 0.4) is 0 Å². The van der Waals surface area contributed by atoms with Gasteiger partial charge in [-0.3, -0.25) is 9.59 Å². The number of carbonyl (C=O) groups excluding carboxylic acids is 2. The van der Waals surface area contributed by atoms with Gasteiger partial charge in [-0.05, 0) is 19.8 Å². The van der Waals surface area contributed by atoms with Crippen LogP contribution in [0.4, 0.5) is 0 Å². The van der Waals surface area contributed by atoms with Gasteiger partial charge < -0.3 is 10.2 Å². The van der Waals surface area contributed by atoms with Gasteiger partial charge in [0, 0.05) is 19.0 Å². The second-order valence-corrected chi connectivity index (χ2v) is 4.61. The van der Waals surface area contributed by atoms with Crippen molar-refractivity contribution in [3.05, 3.63) is 0 Å². The molecule has 16 heavy (non-hydrogen) atoms. The molecule has 0 aromatic rings. The van der Waals surface area contributed by atoms with Crippen molar-refractivity contribution in [2.75, 3.05) is 6.54 Å². The summed E-state index contributed by atoms with van der Waals surface area (Å²) in [5.74, 6) is 0.244. The van der Waals surface area contributed by atoms with Crippen LogP contribution < -0.4 is 5.32 Å². The minimum Gasteiger partial charge on any atom is -0.344 e. The molecular weight excluding hydrogens is 204 g/mol. The number of hydrogen-bond donors (Lipinski definition) is 1. The normalized spacial score (nSPS) is 28.6. The smallest absolute Gasteiger partial charge is 0.245 e. The molecular formula is C12H22N2O2. The van der Waals surface area contributed by atoms with Crippen molar-refractivity contribution in [1.29, 1.82) is 0 Å². The Balaban J connectivity index is 2.92. The monoisotopic (exact) mass is 226 g/mol. The third-order valence-corrected chi connectivity index (χ3v) is 3.43. The highest BCUT2D eigenvalue weighted by atomic mass is 16.2. The Kier molecular flexibility index (Phi) is 4.33. The molecule has 1 fully saturated rings. The van der Waals surface area contributed by atoms with Gasteiger partial charge in [0.1, 0.15) is 6.04 Å². The molecule has 0 aromatic heterocycles. The second kappa shape index (κ2) is 5.32. The first-order valence-corrected chi connectivity index (χ1v) is 6.11. The van der Waals surface area contributed by atoms with Gasteiger partial charge in [0.2, 0.25) is 11.8 Å². The van der Waals surface area contributed by atoms with E-state index in [0.717, 1.165) is 6.42 Å². The Morgan fingerprint density at radius 1 is 1.44 bits per heavy atom. The van der Waals surface area contributed by atoms with Crippen LogP contribution >= 0.6 is 0 Å². The van der Waals surface area contributed by atoms with E-state index in [4.69, 9.17) is 0 Å². The summed E-state index contributed by atoms with van der Waals surface area (Å²) in [7, 11) is 0. The zero-order valence-electron chi connectivity index (χ0n) is 10.6. The molecule has 0 aliphatic carbocycles. The molecule has 1 rings (SSSR count). The van der Waals surface area contributed by atoms with Crippen LogP contribution in [0.2, 0.25) is 0 Å². The zero-order valence-corrected chi connectivity index (χ0v) is 10.6. The molecule has 1 aliphatic heterocycles. The van der Waals surface area contributed by atoms with Crippen molar-refractivity contribution in [3.8, 4) is 0 Å². The number of nitrogens with one attached hydrogen (secondary N) is 1. The lowest BCUT2D eigenvalue weighted by atomic mass is 9.98. The van der Waals surface area contributed by atoms with E-state index in [0.29, 0.717) is 13.0 Å². The number of amides is 2. The van der Waals surface area contributed by atoms with Gasteiger partial charge in [0.15, 0.2) is 0 Å². The van der Waals surface area contributed by atoms with Crippen LogP contribution in [0.15, 0.2) is 0 Å². The fourth-order valence-electron chi connectivity index (χ4n) is 2.16. The second-order valence-electron chi connectivity index (χ2n) is 4.61. The Morgan fingerprint density at radius 2 is 2.06 bits per heavy atom. The lowest BCUT2D eigenvalue weighted by molar-refractivity contribution is -0.136. The fourth-order valence-corrected chi connectivity index (χ4v) is 2.16. The molecule has 0 aromatic carbocycles. The quantitative estimate of drug-likeness (QED) is 0.785. The number of likely N-dealkylation sites (N-methyl/N-ethyl adjacent to an activating group) is 1. The highest BCUT2D eigenvalue weighted by Gasteiger charge is 2.35. The molecule has 1 N–H and O–H groups in total. The number of hydrogen-bond acceptors (Lipinski definition) is 2. The topological polar surface area (TPSA) is 49.4 Å². The molecule has 1 heterocycles. The average Bonchev–Trinajstić information content (AvgIpc) is 2.34. The molecule has 0 radical (unpaired) electrons. The molecule has 0 bridgehead atoms. The maximum Gasteiger partial charge on any atom is 0.245 e. The van der Waals surface area contributed by atoms with Crippen molar-refractivity contribution in [1.82, 2.24) is 10.2 Å². The molecule has 0 spiro atoms. The summed E-state index contributed by atoms with van der Waals surface area (Å²) in [5.41, 5.74) is 0. The Morgan fingerprint density at radius 3 is 2.56 bits per heavy atom. The lowest BCUT2D eigenvalue weighted by Gasteiger charge is -2.29. The van der Waals surface area contributed by atoms with E-state index < -0.39 is 0 Å². The average molecular weight is 226 g/mol. The molecule has 4 heteroatoms. The first kappa shape index (κ1) is 13.0. The van der Waals surface area contributed by atoms with Crippen molar-refractivity contribution < 1.29 is 9.59 Å². The summed E-state index contributed by atoms with van der Waals surface area (Å²) < 4.78 is 0. The third kappa shape index (κ3) is 2.54. The number of rotatable bonds is 3. The van der Waals surface area contributed by atoms with E-state index in [-0.39, 0.29) is 29.8 Å². The summed E-state index contributed by atoms with van der Waals surface area (Å²) in [4.78, 5) is 25.7. The minimum atomic E-state index is -0.345. The molecule has 0 saturated carbocycles. The van der Waals surface area contributed by atoms with Gasteiger partial charge in [-0.2, -0.15) is 0 Å². The molecule has 4 nitrogen and oxygen atoms in total. The summed E-state index contributed by atoms with van der Waals surface area (Å²) >= 11 is 0. The maximum atomic E-state index is 12.2. The predicted molar refractivity (Wildman–Crippen MR) is 62.9 cm³/mol. The van der Waals surface area contributed by atoms with Gasteiger partial charge in [-0.15, -0.1) is 0 Å². The van der Waals surface area contributed by atoms with Gasteiger partial charge >= 0.3 is 0 Å². The summed E-state index contributed by atoms with van der Waals surface area (Å²) in [6.45, 7) is 8.60. The largest absolute Gasteiger partial charge is 0.344 e. The van der Waals surface area contributed by atoms with Crippen LogP contribution in [-0.2, 0) is 9.59 Å². The first-order chi connectivity index (χ1) is 7.51. The van der Waals surface area contributed by atoms with E-state index >= 15 is 0 Å². The zero-order chi connectivity index (χ0) is 12.3. The van der Waals surface area contributed by atoms with Crippen LogP contribution in [0.5, 0.6) is 0 Å². The summed E-state index contributed by atoms with van der Waals surface area (Å²) in [6, 6.07) is -0.339. The van der Waals surface area contributed by atoms with Crippen LogP contribution in [0.1, 0.15) is 40.5 Å². The Bertz CT molecular complexity index is 278. The van der Waals surface area contributed by atoms with Gasteiger partial charge in [-0.1, -0.05) is 20.3 Å². The predicted octanol–water partition coefficient (Wildman–Crippen LogP) is 1.16. The number of carbonyl (C=O) groups is 2. The number of nitrogens with zero attached hydrogens (tertiary/aromatic N) is 1. The van der Waals surface area contributed by atoms with Crippen molar-refractivity contribution in [3.63, 3.8) is 0 Å². The van der Waals surface area contributed by atoms with E-state index in [1.807, 2.05) is 27.7 Å². The van der Waals surface area contributed by atoms with Crippen LogP contribution in [-0.4, -0.2) is 35.3 Å². The molecule has 1 aliphatic rings. The first-order valence-electron chi connectivity index (χ1n) is 6.11. The Hall–Kier alpha value is -1.06. The van der Waals surface area contributed by atoms with E-state index in [1.54, 1.807) is 4.90 Å². The van der Waals surface area contributed by atoms with E-state index in [9.17, 15) is 9.59 Å². The van der Waals surface area contributed by atoms with E-state index in [1.165, 1.54) is 0 Å². The molecule has 3 unspecified atom stereocenters. The van der Waals surface area contributed by atoms with Gasteiger partial charge in [0.05, 0.1) is 0 Å². The molecule has 2 amide bonds. The fraction of sp³-hybridized carbons (Fsp3) is 0.833. The van der Waals surface area contributed by atoms with Crippen molar-refractivity contribution >= 4 is 11.8 Å². The lowest BCUT2D eigenvalue weighted by Crippen LogP contribution is -2.49. The Labute approximate surface area is 97.4 Å². The minimum absolute atomic E-state index is 0.00607. The van der Waals surface area contributed by atoms with Crippen LogP contribution in [0, 0.1) is 5.92 Å². The van der Waals surface area contributed by atoms with E-state index in [2.05, 4.69) is 5.32 Å². The van der Waals surface area contributed by atoms with Gasteiger partial charge in [0.25, 0.3) is 0 Å². The third-order valence-electron chi connectivity index (χ3n) is 3.43. The maximum absolute atomic E-state index is 12.2.